The van der Waals surface area contributed by atoms with Gasteiger partial charge < -0.3 is 5.32 Å². The summed E-state index contributed by atoms with van der Waals surface area (Å²) in [6.07, 6.45) is 1.65. The molecule has 2 aromatic rings. The van der Waals surface area contributed by atoms with Crippen molar-refractivity contribution in [2.45, 2.75) is 13.5 Å². The summed E-state index contributed by atoms with van der Waals surface area (Å²) in [6.45, 7) is 2.72. The Labute approximate surface area is 115 Å². The Morgan fingerprint density at radius 2 is 2.17 bits per heavy atom. The van der Waals surface area contributed by atoms with Gasteiger partial charge in [-0.15, -0.1) is 0 Å². The van der Waals surface area contributed by atoms with Crippen LogP contribution in [0.15, 0.2) is 41.0 Å². The molecule has 0 fully saturated rings. The van der Waals surface area contributed by atoms with Crippen LogP contribution < -0.4 is 5.32 Å². The van der Waals surface area contributed by atoms with Crippen molar-refractivity contribution in [1.29, 1.82) is 5.26 Å². The number of aryl methyl sites for hydroxylation is 1. The zero-order valence-electron chi connectivity index (χ0n) is 9.94. The molecule has 0 aliphatic carbocycles. The predicted octanol–water partition coefficient (Wildman–Crippen LogP) is 3.64. The van der Waals surface area contributed by atoms with E-state index in [0.717, 1.165) is 15.7 Å². The molecule has 0 aliphatic rings. The number of aromatic nitrogens is 1. The number of halogens is 1. The predicted molar refractivity (Wildman–Crippen MR) is 75.2 cm³/mol. The zero-order chi connectivity index (χ0) is 13.0. The standard InChI is InChI=1S/C14H12BrN3/c1-10-2-3-13(15)14(6-10)18-9-11-4-5-17-12(7-11)8-16/h2-7,18H,9H2,1H3. The van der Waals surface area contributed by atoms with Crippen molar-refractivity contribution in [2.75, 3.05) is 5.32 Å². The molecule has 90 valence electrons. The van der Waals surface area contributed by atoms with Gasteiger partial charge in [-0.3, -0.25) is 0 Å². The summed E-state index contributed by atoms with van der Waals surface area (Å²) in [5, 5.41) is 12.1. The lowest BCUT2D eigenvalue weighted by Crippen LogP contribution is -2.01. The Morgan fingerprint density at radius 1 is 1.33 bits per heavy atom. The van der Waals surface area contributed by atoms with Crippen molar-refractivity contribution >= 4 is 21.6 Å². The molecule has 0 amide bonds. The van der Waals surface area contributed by atoms with Crippen LogP contribution in [0.5, 0.6) is 0 Å². The normalized spacial score (nSPS) is 9.83. The van der Waals surface area contributed by atoms with Crippen LogP contribution in [0.25, 0.3) is 0 Å². The van der Waals surface area contributed by atoms with Crippen LogP contribution in [-0.4, -0.2) is 4.98 Å². The highest BCUT2D eigenvalue weighted by Crippen LogP contribution is 2.23. The minimum absolute atomic E-state index is 0.442. The average molecular weight is 302 g/mol. The molecule has 2 rings (SSSR count). The number of hydrogen-bond donors (Lipinski definition) is 1. The lowest BCUT2D eigenvalue weighted by Gasteiger charge is -2.09. The van der Waals surface area contributed by atoms with Crippen LogP contribution >= 0.6 is 15.9 Å². The molecule has 1 heterocycles. The largest absolute Gasteiger partial charge is 0.380 e. The topological polar surface area (TPSA) is 48.7 Å². The van der Waals surface area contributed by atoms with Gasteiger partial charge in [0.1, 0.15) is 11.8 Å². The van der Waals surface area contributed by atoms with Crippen molar-refractivity contribution in [1.82, 2.24) is 4.98 Å². The van der Waals surface area contributed by atoms with Gasteiger partial charge in [0, 0.05) is 22.9 Å². The van der Waals surface area contributed by atoms with Crippen LogP contribution in [0.1, 0.15) is 16.8 Å². The van der Waals surface area contributed by atoms with E-state index in [1.54, 1.807) is 12.3 Å². The van der Waals surface area contributed by atoms with E-state index in [0.29, 0.717) is 12.2 Å². The number of pyridine rings is 1. The molecule has 0 bridgehead atoms. The highest BCUT2D eigenvalue weighted by atomic mass is 79.9. The third-order valence-electron chi connectivity index (χ3n) is 2.54. The smallest absolute Gasteiger partial charge is 0.140 e. The molecule has 1 aromatic heterocycles. The molecule has 0 spiro atoms. The summed E-state index contributed by atoms with van der Waals surface area (Å²) >= 11 is 3.50. The highest BCUT2D eigenvalue weighted by molar-refractivity contribution is 9.10. The summed E-state index contributed by atoms with van der Waals surface area (Å²) in [5.74, 6) is 0. The van der Waals surface area contributed by atoms with Gasteiger partial charge in [0.05, 0.1) is 0 Å². The van der Waals surface area contributed by atoms with E-state index < -0.39 is 0 Å². The summed E-state index contributed by atoms with van der Waals surface area (Å²) in [5.41, 5.74) is 3.73. The first-order chi connectivity index (χ1) is 8.69. The number of anilines is 1. The van der Waals surface area contributed by atoms with E-state index in [2.05, 4.69) is 45.3 Å². The van der Waals surface area contributed by atoms with E-state index in [4.69, 9.17) is 5.26 Å². The highest BCUT2D eigenvalue weighted by Gasteiger charge is 2.01. The molecule has 3 nitrogen and oxygen atoms in total. The van der Waals surface area contributed by atoms with E-state index in [1.807, 2.05) is 18.2 Å². The third kappa shape index (κ3) is 3.08. The van der Waals surface area contributed by atoms with Gasteiger partial charge in [-0.2, -0.15) is 5.26 Å². The minimum atomic E-state index is 0.442. The molecular formula is C14H12BrN3. The second-order valence-corrected chi connectivity index (χ2v) is 4.85. The van der Waals surface area contributed by atoms with Crippen molar-refractivity contribution in [2.24, 2.45) is 0 Å². The van der Waals surface area contributed by atoms with E-state index in [-0.39, 0.29) is 0 Å². The van der Waals surface area contributed by atoms with Crippen LogP contribution in [0.2, 0.25) is 0 Å². The van der Waals surface area contributed by atoms with E-state index in [1.165, 1.54) is 5.56 Å². The first kappa shape index (κ1) is 12.6. The Balaban J connectivity index is 2.11. The van der Waals surface area contributed by atoms with Crippen LogP contribution in [0, 0.1) is 18.3 Å². The monoisotopic (exact) mass is 301 g/mol. The maximum atomic E-state index is 8.79. The molecule has 0 saturated heterocycles. The molecule has 0 radical (unpaired) electrons. The summed E-state index contributed by atoms with van der Waals surface area (Å²) in [6, 6.07) is 11.9. The number of nitrogens with one attached hydrogen (secondary N) is 1. The molecule has 18 heavy (non-hydrogen) atoms. The molecule has 1 N–H and O–H groups in total. The molecule has 0 aliphatic heterocycles. The number of hydrogen-bond acceptors (Lipinski definition) is 3. The number of nitriles is 1. The van der Waals surface area contributed by atoms with Crippen LogP contribution in [0.3, 0.4) is 0 Å². The quantitative estimate of drug-likeness (QED) is 0.941. The number of rotatable bonds is 3. The van der Waals surface area contributed by atoms with Gasteiger partial charge in [0.15, 0.2) is 0 Å². The second-order valence-electron chi connectivity index (χ2n) is 4.00. The number of benzene rings is 1. The Morgan fingerprint density at radius 3 is 2.94 bits per heavy atom. The summed E-state index contributed by atoms with van der Waals surface area (Å²) < 4.78 is 1.03. The van der Waals surface area contributed by atoms with Crippen molar-refractivity contribution < 1.29 is 0 Å². The van der Waals surface area contributed by atoms with Crippen LogP contribution in [0.4, 0.5) is 5.69 Å². The fraction of sp³-hybridized carbons (Fsp3) is 0.143. The van der Waals surface area contributed by atoms with Gasteiger partial charge in [0.25, 0.3) is 0 Å². The van der Waals surface area contributed by atoms with Gasteiger partial charge >= 0.3 is 0 Å². The Hall–Kier alpha value is -1.86. The van der Waals surface area contributed by atoms with Gasteiger partial charge in [-0.05, 0) is 58.2 Å². The molecule has 0 atom stereocenters. The van der Waals surface area contributed by atoms with Crippen molar-refractivity contribution in [3.05, 3.63) is 57.8 Å². The van der Waals surface area contributed by atoms with E-state index in [9.17, 15) is 0 Å². The first-order valence-corrected chi connectivity index (χ1v) is 6.33. The van der Waals surface area contributed by atoms with Gasteiger partial charge in [-0.25, -0.2) is 4.98 Å². The lowest BCUT2D eigenvalue weighted by atomic mass is 10.2. The maximum absolute atomic E-state index is 8.79. The average Bonchev–Trinajstić information content (AvgIpc) is 2.40. The van der Waals surface area contributed by atoms with Crippen LogP contribution in [-0.2, 0) is 6.54 Å². The minimum Gasteiger partial charge on any atom is -0.380 e. The summed E-state index contributed by atoms with van der Waals surface area (Å²) in [7, 11) is 0. The maximum Gasteiger partial charge on any atom is 0.140 e. The Bertz CT molecular complexity index is 602. The SMILES string of the molecule is Cc1ccc(Br)c(NCc2ccnc(C#N)c2)c1. The molecular weight excluding hydrogens is 290 g/mol. The van der Waals surface area contributed by atoms with Gasteiger partial charge in [0.2, 0.25) is 0 Å². The Kier molecular flexibility index (Phi) is 3.96. The molecule has 4 heteroatoms. The fourth-order valence-electron chi connectivity index (χ4n) is 1.62. The van der Waals surface area contributed by atoms with Crippen molar-refractivity contribution in [3.8, 4) is 6.07 Å². The third-order valence-corrected chi connectivity index (χ3v) is 3.24. The number of nitrogens with zero attached hydrogens (tertiary/aromatic N) is 2. The molecule has 1 aromatic carbocycles. The molecule has 0 saturated carbocycles. The zero-order valence-corrected chi connectivity index (χ0v) is 11.5. The van der Waals surface area contributed by atoms with Gasteiger partial charge in [-0.1, -0.05) is 6.07 Å². The first-order valence-electron chi connectivity index (χ1n) is 5.54. The van der Waals surface area contributed by atoms with E-state index >= 15 is 0 Å². The molecule has 0 unspecified atom stereocenters. The lowest BCUT2D eigenvalue weighted by molar-refractivity contribution is 1.11. The fourth-order valence-corrected chi connectivity index (χ4v) is 2.00. The summed E-state index contributed by atoms with van der Waals surface area (Å²) in [4.78, 5) is 3.95. The second kappa shape index (κ2) is 5.65. The van der Waals surface area contributed by atoms with Crippen molar-refractivity contribution in [3.63, 3.8) is 0 Å².